The summed E-state index contributed by atoms with van der Waals surface area (Å²) in [7, 11) is 2.19. The molecule has 2 rings (SSSR count). The maximum atomic E-state index is 3.56. The summed E-state index contributed by atoms with van der Waals surface area (Å²) in [5.74, 6) is 1.04. The minimum atomic E-state index is 1.02. The van der Waals surface area contributed by atoms with Gasteiger partial charge >= 0.3 is 0 Å². The van der Waals surface area contributed by atoms with Crippen LogP contribution in [0.3, 0.4) is 0 Å². The molecular weight excluding hydrogens is 208 g/mol. The summed E-state index contributed by atoms with van der Waals surface area (Å²) >= 11 is 0. The third kappa shape index (κ3) is 4.71. The maximum absolute atomic E-state index is 3.56. The van der Waals surface area contributed by atoms with Crippen LogP contribution in [0.4, 0.5) is 0 Å². The lowest BCUT2D eigenvalue weighted by molar-refractivity contribution is 0.324. The highest BCUT2D eigenvalue weighted by molar-refractivity contribution is 5.01. The summed E-state index contributed by atoms with van der Waals surface area (Å²) in [5, 5.41) is 3.56. The lowest BCUT2D eigenvalue weighted by Gasteiger charge is -2.21. The SMILES string of the molecule is CN1CCC=C(CCCC2CCCCC2)NC1. The van der Waals surface area contributed by atoms with Crippen molar-refractivity contribution in [1.82, 2.24) is 10.2 Å². The second kappa shape index (κ2) is 7.05. The average Bonchev–Trinajstić information content (AvgIpc) is 2.56. The number of nitrogens with zero attached hydrogens (tertiary/aromatic N) is 1. The predicted molar refractivity (Wildman–Crippen MR) is 73.8 cm³/mol. The van der Waals surface area contributed by atoms with Crippen molar-refractivity contribution in [2.45, 2.75) is 57.8 Å². The first kappa shape index (κ1) is 12.9. The van der Waals surface area contributed by atoms with Crippen LogP contribution in [0.5, 0.6) is 0 Å². The van der Waals surface area contributed by atoms with E-state index < -0.39 is 0 Å². The van der Waals surface area contributed by atoms with Crippen LogP contribution in [0.15, 0.2) is 11.8 Å². The zero-order valence-electron chi connectivity index (χ0n) is 11.4. The molecular formula is C15H28N2. The molecule has 0 spiro atoms. The molecule has 98 valence electrons. The van der Waals surface area contributed by atoms with E-state index in [1.165, 1.54) is 70.0 Å². The summed E-state index contributed by atoms with van der Waals surface area (Å²) in [6.45, 7) is 2.22. The molecule has 0 radical (unpaired) electrons. The van der Waals surface area contributed by atoms with Gasteiger partial charge < -0.3 is 5.32 Å². The molecule has 0 atom stereocenters. The predicted octanol–water partition coefficient (Wildman–Crippen LogP) is 3.50. The Labute approximate surface area is 106 Å². The van der Waals surface area contributed by atoms with E-state index in [1.807, 2.05) is 0 Å². The standard InChI is InChI=1S/C15H28N2/c1-17-12-6-11-15(16-13-17)10-5-9-14-7-3-2-4-8-14/h11,14,16H,2-10,12-13H2,1H3. The maximum Gasteiger partial charge on any atom is 0.0673 e. The van der Waals surface area contributed by atoms with Gasteiger partial charge in [-0.05, 0) is 32.2 Å². The van der Waals surface area contributed by atoms with Crippen molar-refractivity contribution in [1.29, 1.82) is 0 Å². The summed E-state index contributed by atoms with van der Waals surface area (Å²) in [6.07, 6.45) is 15.2. The van der Waals surface area contributed by atoms with Gasteiger partial charge in [0.25, 0.3) is 0 Å². The highest BCUT2D eigenvalue weighted by atomic mass is 15.2. The van der Waals surface area contributed by atoms with E-state index >= 15 is 0 Å². The Kier molecular flexibility index (Phi) is 5.37. The highest BCUT2D eigenvalue weighted by Gasteiger charge is 2.13. The fraction of sp³-hybridized carbons (Fsp3) is 0.867. The molecule has 1 N–H and O–H groups in total. The summed E-state index contributed by atoms with van der Waals surface area (Å²) in [5.41, 5.74) is 1.49. The van der Waals surface area contributed by atoms with Crippen LogP contribution in [-0.2, 0) is 0 Å². The molecule has 1 aliphatic heterocycles. The molecule has 0 aromatic heterocycles. The summed E-state index contributed by atoms with van der Waals surface area (Å²) in [4.78, 5) is 2.35. The third-order valence-corrected chi connectivity index (χ3v) is 4.26. The van der Waals surface area contributed by atoms with Crippen LogP contribution in [0.1, 0.15) is 57.8 Å². The lowest BCUT2D eigenvalue weighted by Crippen LogP contribution is -2.28. The minimum absolute atomic E-state index is 1.02. The van der Waals surface area contributed by atoms with E-state index in [9.17, 15) is 0 Å². The van der Waals surface area contributed by atoms with Crippen molar-refractivity contribution >= 4 is 0 Å². The van der Waals surface area contributed by atoms with Crippen molar-refractivity contribution in [2.75, 3.05) is 20.3 Å². The van der Waals surface area contributed by atoms with Gasteiger partial charge in [0.1, 0.15) is 0 Å². The minimum Gasteiger partial charge on any atom is -0.376 e. The molecule has 0 aromatic carbocycles. The van der Waals surface area contributed by atoms with E-state index in [4.69, 9.17) is 0 Å². The van der Waals surface area contributed by atoms with Crippen molar-refractivity contribution in [3.63, 3.8) is 0 Å². The highest BCUT2D eigenvalue weighted by Crippen LogP contribution is 2.28. The Morgan fingerprint density at radius 3 is 2.94 bits per heavy atom. The first-order valence-corrected chi connectivity index (χ1v) is 7.46. The first-order chi connectivity index (χ1) is 8.34. The molecule has 0 saturated heterocycles. The molecule has 0 amide bonds. The molecule has 0 unspecified atom stereocenters. The average molecular weight is 236 g/mol. The second-order valence-electron chi connectivity index (χ2n) is 5.83. The zero-order chi connectivity index (χ0) is 11.9. The van der Waals surface area contributed by atoms with Gasteiger partial charge in [0.2, 0.25) is 0 Å². The van der Waals surface area contributed by atoms with E-state index in [1.54, 1.807) is 0 Å². The Hall–Kier alpha value is -0.500. The van der Waals surface area contributed by atoms with E-state index in [0.717, 1.165) is 12.6 Å². The largest absolute Gasteiger partial charge is 0.376 e. The molecule has 2 nitrogen and oxygen atoms in total. The van der Waals surface area contributed by atoms with Crippen LogP contribution < -0.4 is 5.32 Å². The van der Waals surface area contributed by atoms with E-state index in [2.05, 4.69) is 23.3 Å². The number of allylic oxidation sites excluding steroid dienone is 1. The molecule has 0 aromatic rings. The third-order valence-electron chi connectivity index (χ3n) is 4.26. The fourth-order valence-corrected chi connectivity index (χ4v) is 3.09. The zero-order valence-corrected chi connectivity index (χ0v) is 11.4. The molecule has 2 heteroatoms. The van der Waals surface area contributed by atoms with Gasteiger partial charge in [0.05, 0.1) is 6.67 Å². The summed E-state index contributed by atoms with van der Waals surface area (Å²) < 4.78 is 0. The van der Waals surface area contributed by atoms with Gasteiger partial charge in [-0.3, -0.25) is 4.90 Å². The van der Waals surface area contributed by atoms with E-state index in [0.29, 0.717) is 0 Å². The van der Waals surface area contributed by atoms with Crippen LogP contribution in [0, 0.1) is 5.92 Å². The smallest absolute Gasteiger partial charge is 0.0673 e. The molecule has 1 saturated carbocycles. The number of rotatable bonds is 4. The molecule has 1 fully saturated rings. The van der Waals surface area contributed by atoms with Crippen LogP contribution in [-0.4, -0.2) is 25.2 Å². The van der Waals surface area contributed by atoms with Crippen LogP contribution in [0.2, 0.25) is 0 Å². The topological polar surface area (TPSA) is 15.3 Å². The quantitative estimate of drug-likeness (QED) is 0.803. The van der Waals surface area contributed by atoms with Gasteiger partial charge in [-0.1, -0.05) is 44.6 Å². The van der Waals surface area contributed by atoms with Crippen LogP contribution >= 0.6 is 0 Å². The van der Waals surface area contributed by atoms with Crippen molar-refractivity contribution in [2.24, 2.45) is 5.92 Å². The normalized spacial score (nSPS) is 23.9. The first-order valence-electron chi connectivity index (χ1n) is 7.46. The molecule has 2 aliphatic rings. The number of hydrogen-bond donors (Lipinski definition) is 1. The van der Waals surface area contributed by atoms with Gasteiger partial charge in [0, 0.05) is 12.2 Å². The Bertz CT molecular complexity index is 241. The number of hydrogen-bond acceptors (Lipinski definition) is 2. The van der Waals surface area contributed by atoms with Gasteiger partial charge in [-0.2, -0.15) is 0 Å². The monoisotopic (exact) mass is 236 g/mol. The Balaban J connectivity index is 1.62. The molecule has 1 aliphatic carbocycles. The Morgan fingerprint density at radius 2 is 2.12 bits per heavy atom. The van der Waals surface area contributed by atoms with Gasteiger partial charge in [0.15, 0.2) is 0 Å². The second-order valence-corrected chi connectivity index (χ2v) is 5.83. The molecule has 17 heavy (non-hydrogen) atoms. The Morgan fingerprint density at radius 1 is 1.29 bits per heavy atom. The molecule has 1 heterocycles. The van der Waals surface area contributed by atoms with Crippen molar-refractivity contribution in [3.05, 3.63) is 11.8 Å². The van der Waals surface area contributed by atoms with Crippen LogP contribution in [0.25, 0.3) is 0 Å². The van der Waals surface area contributed by atoms with Crippen molar-refractivity contribution in [3.8, 4) is 0 Å². The molecule has 0 bridgehead atoms. The number of nitrogens with one attached hydrogen (secondary N) is 1. The van der Waals surface area contributed by atoms with Crippen molar-refractivity contribution < 1.29 is 0 Å². The van der Waals surface area contributed by atoms with Gasteiger partial charge in [-0.15, -0.1) is 0 Å². The van der Waals surface area contributed by atoms with Gasteiger partial charge in [-0.25, -0.2) is 0 Å². The van der Waals surface area contributed by atoms with E-state index in [-0.39, 0.29) is 0 Å². The lowest BCUT2D eigenvalue weighted by atomic mass is 9.85. The fourth-order valence-electron chi connectivity index (χ4n) is 3.09. The summed E-state index contributed by atoms with van der Waals surface area (Å²) in [6, 6.07) is 0.